The van der Waals surface area contributed by atoms with Gasteiger partial charge in [0.2, 0.25) is 0 Å². The molecule has 1 rings (SSSR count). The molecule has 1 aliphatic carbocycles. The third-order valence-electron chi connectivity index (χ3n) is 5.06. The summed E-state index contributed by atoms with van der Waals surface area (Å²) in [5.41, 5.74) is -0.00873. The zero-order valence-electron chi connectivity index (χ0n) is 13.2. The highest BCUT2D eigenvalue weighted by Crippen LogP contribution is 2.50. The summed E-state index contributed by atoms with van der Waals surface area (Å²) in [6, 6.07) is 0. The van der Waals surface area contributed by atoms with Crippen molar-refractivity contribution in [2.75, 3.05) is 0 Å². The minimum absolute atomic E-state index is 0.00873. The van der Waals surface area contributed by atoms with E-state index in [1.807, 2.05) is 0 Å². The van der Waals surface area contributed by atoms with E-state index >= 15 is 0 Å². The van der Waals surface area contributed by atoms with Crippen LogP contribution in [0.15, 0.2) is 0 Å². The second-order valence-electron chi connectivity index (χ2n) is 7.02. The molecule has 1 N–H and O–H groups in total. The van der Waals surface area contributed by atoms with Crippen molar-refractivity contribution in [2.45, 2.75) is 66.1 Å². The molecule has 18 heavy (non-hydrogen) atoms. The molecule has 108 valence electrons. The van der Waals surface area contributed by atoms with Crippen LogP contribution in [0.25, 0.3) is 0 Å². The summed E-state index contributed by atoms with van der Waals surface area (Å²) in [7, 11) is 0.790. The average molecular weight is 273 g/mol. The van der Waals surface area contributed by atoms with E-state index in [9.17, 15) is 5.11 Å². The Morgan fingerprint density at radius 1 is 1.06 bits per heavy atom. The fourth-order valence-electron chi connectivity index (χ4n) is 4.40. The molecule has 0 heterocycles. The van der Waals surface area contributed by atoms with Crippen LogP contribution < -0.4 is 0 Å². The van der Waals surface area contributed by atoms with E-state index < -0.39 is 0 Å². The van der Waals surface area contributed by atoms with Crippen molar-refractivity contribution in [1.29, 1.82) is 0 Å². The van der Waals surface area contributed by atoms with Crippen molar-refractivity contribution in [2.24, 2.45) is 29.6 Å². The normalized spacial score (nSPS) is 27.0. The van der Waals surface area contributed by atoms with Gasteiger partial charge in [0.05, 0.1) is 11.7 Å². The van der Waals surface area contributed by atoms with Crippen LogP contribution in [0.4, 0.5) is 0 Å². The summed E-state index contributed by atoms with van der Waals surface area (Å²) in [5.74, 6) is 2.87. The predicted octanol–water partition coefficient (Wildman–Crippen LogP) is 2.38. The Balaban J connectivity index is 3.05. The highest BCUT2D eigenvalue weighted by molar-refractivity contribution is 5.98. The molecule has 3 heteroatoms. The van der Waals surface area contributed by atoms with Crippen molar-refractivity contribution in [3.63, 3.8) is 0 Å². The number of hydrogen-bond donors (Lipinski definition) is 1. The van der Waals surface area contributed by atoms with Crippen LogP contribution in [0.5, 0.6) is 0 Å². The van der Waals surface area contributed by atoms with E-state index in [0.717, 1.165) is 23.3 Å². The molecule has 0 aromatic heterocycles. The molecule has 0 radical (unpaired) electrons. The summed E-state index contributed by atoms with van der Waals surface area (Å²) in [6.45, 7) is 13.8. The van der Waals surface area contributed by atoms with Crippen LogP contribution in [-0.2, 0) is 4.43 Å². The second-order valence-corrected chi connectivity index (χ2v) is 7.43. The van der Waals surface area contributed by atoms with Gasteiger partial charge >= 0.3 is 0 Å². The maximum atomic E-state index is 9.63. The zero-order chi connectivity index (χ0) is 14.1. The van der Waals surface area contributed by atoms with Crippen LogP contribution in [0.3, 0.4) is 0 Å². The molecule has 1 unspecified atom stereocenters. The smallest absolute Gasteiger partial charge is 0.146 e. The van der Waals surface area contributed by atoms with Crippen molar-refractivity contribution in [1.82, 2.24) is 0 Å². The Bertz CT molecular complexity index is 249. The van der Waals surface area contributed by atoms with Gasteiger partial charge in [0, 0.05) is 0 Å². The first-order chi connectivity index (χ1) is 8.27. The average Bonchev–Trinajstić information content (AvgIpc) is 2.20. The predicted molar refractivity (Wildman–Crippen MR) is 80.5 cm³/mol. The molecule has 1 aliphatic rings. The lowest BCUT2D eigenvalue weighted by molar-refractivity contribution is -0.135. The van der Waals surface area contributed by atoms with Crippen LogP contribution in [0.2, 0.25) is 0 Å². The lowest BCUT2D eigenvalue weighted by Crippen LogP contribution is -2.56. The Morgan fingerprint density at radius 2 is 1.50 bits per heavy atom. The standard InChI is InChI=1S/C15H32O2Si/c1-9(2)14(12-7-13(16)8-12)15(17-18,10(3)4)11(5)6/h9-14,16H,7-8H2,1-6,18H3. The summed E-state index contributed by atoms with van der Waals surface area (Å²) in [5, 5.41) is 9.63. The number of rotatable bonds is 6. The molecule has 0 aliphatic heterocycles. The van der Waals surface area contributed by atoms with E-state index in [1.165, 1.54) is 0 Å². The van der Waals surface area contributed by atoms with Gasteiger partial charge in [0.1, 0.15) is 10.5 Å². The molecule has 0 aromatic rings. The first-order valence-corrected chi connectivity index (χ1v) is 8.32. The Morgan fingerprint density at radius 3 is 1.72 bits per heavy atom. The lowest BCUT2D eigenvalue weighted by Gasteiger charge is -2.54. The SMILES string of the molecule is CC(C)C(C1CC(O)C1)C(O[SiH3])(C(C)C)C(C)C. The molecule has 2 nitrogen and oxygen atoms in total. The van der Waals surface area contributed by atoms with Crippen molar-refractivity contribution < 1.29 is 9.53 Å². The minimum Gasteiger partial charge on any atom is -0.422 e. The molecule has 0 amide bonds. The van der Waals surface area contributed by atoms with E-state index in [2.05, 4.69) is 41.5 Å². The number of aliphatic hydroxyl groups excluding tert-OH is 1. The molecule has 0 aromatic carbocycles. The Hall–Kier alpha value is 0.137. The molecule has 1 atom stereocenters. The topological polar surface area (TPSA) is 29.5 Å². The minimum atomic E-state index is -0.0672. The van der Waals surface area contributed by atoms with E-state index in [1.54, 1.807) is 0 Å². The summed E-state index contributed by atoms with van der Waals surface area (Å²) < 4.78 is 6.23. The van der Waals surface area contributed by atoms with Crippen molar-refractivity contribution in [3.8, 4) is 0 Å². The van der Waals surface area contributed by atoms with Gasteiger partial charge < -0.3 is 9.53 Å². The molecule has 0 saturated heterocycles. The van der Waals surface area contributed by atoms with Crippen LogP contribution in [0, 0.1) is 29.6 Å². The fraction of sp³-hybridized carbons (Fsp3) is 1.00. The summed E-state index contributed by atoms with van der Waals surface area (Å²) in [6.07, 6.45) is 1.87. The molecule has 1 fully saturated rings. The molecular weight excluding hydrogens is 240 g/mol. The van der Waals surface area contributed by atoms with Gasteiger partial charge in [0.15, 0.2) is 0 Å². The van der Waals surface area contributed by atoms with Gasteiger partial charge in [-0.2, -0.15) is 0 Å². The maximum absolute atomic E-state index is 9.63. The van der Waals surface area contributed by atoms with Crippen molar-refractivity contribution >= 4 is 10.5 Å². The third kappa shape index (κ3) is 2.68. The monoisotopic (exact) mass is 272 g/mol. The highest BCUT2D eigenvalue weighted by atomic mass is 28.2. The molecule has 1 saturated carbocycles. The van der Waals surface area contributed by atoms with Gasteiger partial charge in [-0.3, -0.25) is 0 Å². The Kier molecular flexibility index (Phi) is 5.45. The van der Waals surface area contributed by atoms with E-state index in [0.29, 0.717) is 29.6 Å². The summed E-state index contributed by atoms with van der Waals surface area (Å²) >= 11 is 0. The molecule has 0 spiro atoms. The van der Waals surface area contributed by atoms with Crippen LogP contribution in [0.1, 0.15) is 54.4 Å². The largest absolute Gasteiger partial charge is 0.422 e. The third-order valence-corrected chi connectivity index (χ3v) is 5.76. The van der Waals surface area contributed by atoms with Gasteiger partial charge in [-0.25, -0.2) is 0 Å². The number of hydrogen-bond acceptors (Lipinski definition) is 2. The quantitative estimate of drug-likeness (QED) is 0.752. The van der Waals surface area contributed by atoms with Gasteiger partial charge in [-0.1, -0.05) is 41.5 Å². The fourth-order valence-corrected chi connectivity index (χ4v) is 5.62. The first kappa shape index (κ1) is 16.2. The summed E-state index contributed by atoms with van der Waals surface area (Å²) in [4.78, 5) is 0. The Labute approximate surface area is 116 Å². The first-order valence-electron chi connectivity index (χ1n) is 7.50. The van der Waals surface area contributed by atoms with Gasteiger partial charge in [-0.15, -0.1) is 0 Å². The molecule has 0 bridgehead atoms. The highest BCUT2D eigenvalue weighted by Gasteiger charge is 2.51. The molecular formula is C15H32O2Si. The number of aliphatic hydroxyl groups is 1. The second kappa shape index (κ2) is 6.06. The lowest BCUT2D eigenvalue weighted by atomic mass is 9.57. The van der Waals surface area contributed by atoms with E-state index in [4.69, 9.17) is 4.43 Å². The van der Waals surface area contributed by atoms with E-state index in [-0.39, 0.29) is 11.7 Å². The van der Waals surface area contributed by atoms with Crippen LogP contribution >= 0.6 is 0 Å². The van der Waals surface area contributed by atoms with Gasteiger partial charge in [-0.05, 0) is 42.4 Å². The van der Waals surface area contributed by atoms with Crippen LogP contribution in [-0.4, -0.2) is 27.3 Å². The van der Waals surface area contributed by atoms with Crippen molar-refractivity contribution in [3.05, 3.63) is 0 Å². The zero-order valence-corrected chi connectivity index (χ0v) is 15.2. The van der Waals surface area contributed by atoms with Gasteiger partial charge in [0.25, 0.3) is 0 Å². The maximum Gasteiger partial charge on any atom is 0.146 e.